The highest BCUT2D eigenvalue weighted by atomic mass is 16.5. The molecule has 0 bridgehead atoms. The molecule has 5 nitrogen and oxygen atoms in total. The minimum Gasteiger partial charge on any atom is -0.380 e. The molecule has 0 radical (unpaired) electrons. The number of nitrogens with zero attached hydrogens (tertiary/aromatic N) is 2. The molecule has 5 heteroatoms. The molecule has 23 heavy (non-hydrogen) atoms. The van der Waals surface area contributed by atoms with E-state index >= 15 is 0 Å². The molecule has 0 aromatic heterocycles. The summed E-state index contributed by atoms with van der Waals surface area (Å²) in [5.74, 6) is 0. The molecule has 2 heterocycles. The van der Waals surface area contributed by atoms with Gasteiger partial charge in [-0.2, -0.15) is 0 Å². The normalized spacial score (nSPS) is 23.3. The van der Waals surface area contributed by atoms with Gasteiger partial charge in [0, 0.05) is 37.3 Å². The number of piperazine rings is 1. The van der Waals surface area contributed by atoms with Crippen molar-refractivity contribution in [2.45, 2.75) is 26.3 Å². The first kappa shape index (κ1) is 16.1. The molecule has 2 fully saturated rings. The molecule has 0 saturated carbocycles. The van der Waals surface area contributed by atoms with Crippen molar-refractivity contribution in [2.24, 2.45) is 5.41 Å². The van der Waals surface area contributed by atoms with E-state index in [1.54, 1.807) is 0 Å². The van der Waals surface area contributed by atoms with Crippen molar-refractivity contribution in [1.29, 1.82) is 0 Å². The maximum atomic E-state index is 12.6. The van der Waals surface area contributed by atoms with Crippen LogP contribution in [-0.2, 0) is 4.74 Å². The quantitative estimate of drug-likeness (QED) is 0.927. The van der Waals surface area contributed by atoms with E-state index in [2.05, 4.69) is 48.3 Å². The summed E-state index contributed by atoms with van der Waals surface area (Å²) in [4.78, 5) is 16.9. The molecule has 1 aromatic carbocycles. The standard InChI is InChI=1S/C18H27N3O2/c1-3-15-11-20(16-7-5-4-6-8-16)9-10-21(15)17(22)19-12-18(2)13-23-14-18/h4-8,15H,3,9-14H2,1-2H3,(H,19,22). The molecular formula is C18H27N3O2. The Morgan fingerprint density at radius 2 is 2.04 bits per heavy atom. The summed E-state index contributed by atoms with van der Waals surface area (Å²) < 4.78 is 5.25. The summed E-state index contributed by atoms with van der Waals surface area (Å²) in [7, 11) is 0. The van der Waals surface area contributed by atoms with Crippen LogP contribution in [0.5, 0.6) is 0 Å². The zero-order valence-corrected chi connectivity index (χ0v) is 14.1. The molecule has 2 aliphatic heterocycles. The molecule has 2 saturated heterocycles. The number of ether oxygens (including phenoxy) is 1. The van der Waals surface area contributed by atoms with E-state index in [4.69, 9.17) is 4.74 Å². The molecule has 1 N–H and O–H groups in total. The van der Waals surface area contributed by atoms with Gasteiger partial charge in [-0.1, -0.05) is 32.0 Å². The maximum Gasteiger partial charge on any atom is 0.317 e. The van der Waals surface area contributed by atoms with E-state index in [0.29, 0.717) is 6.54 Å². The van der Waals surface area contributed by atoms with Crippen LogP contribution in [0.25, 0.3) is 0 Å². The number of hydrogen-bond acceptors (Lipinski definition) is 3. The fraction of sp³-hybridized carbons (Fsp3) is 0.611. The number of nitrogens with one attached hydrogen (secondary N) is 1. The van der Waals surface area contributed by atoms with E-state index in [0.717, 1.165) is 39.3 Å². The lowest BCUT2D eigenvalue weighted by atomic mass is 9.89. The average Bonchev–Trinajstić information content (AvgIpc) is 2.58. The van der Waals surface area contributed by atoms with Crippen LogP contribution in [0.4, 0.5) is 10.5 Å². The van der Waals surface area contributed by atoms with E-state index in [9.17, 15) is 4.79 Å². The number of carbonyl (C=O) groups is 1. The van der Waals surface area contributed by atoms with Crippen molar-refractivity contribution in [3.63, 3.8) is 0 Å². The van der Waals surface area contributed by atoms with Crippen molar-refractivity contribution in [1.82, 2.24) is 10.2 Å². The highest BCUT2D eigenvalue weighted by Gasteiger charge is 2.35. The molecule has 2 aliphatic rings. The molecule has 1 unspecified atom stereocenters. The second-order valence-electron chi connectivity index (χ2n) is 7.00. The van der Waals surface area contributed by atoms with Gasteiger partial charge in [0.1, 0.15) is 0 Å². The SMILES string of the molecule is CCC1CN(c2ccccc2)CCN1C(=O)NCC1(C)COC1. The van der Waals surface area contributed by atoms with E-state index < -0.39 is 0 Å². The van der Waals surface area contributed by atoms with E-state index in [-0.39, 0.29) is 17.5 Å². The number of rotatable bonds is 4. The van der Waals surface area contributed by atoms with Crippen LogP contribution in [0.1, 0.15) is 20.3 Å². The van der Waals surface area contributed by atoms with Crippen LogP contribution in [-0.4, -0.2) is 56.4 Å². The lowest BCUT2D eigenvalue weighted by Crippen LogP contribution is -2.59. The molecule has 0 spiro atoms. The van der Waals surface area contributed by atoms with Gasteiger partial charge in [0.25, 0.3) is 0 Å². The molecule has 1 atom stereocenters. The summed E-state index contributed by atoms with van der Waals surface area (Å²) in [5.41, 5.74) is 1.36. The van der Waals surface area contributed by atoms with Gasteiger partial charge < -0.3 is 19.9 Å². The topological polar surface area (TPSA) is 44.8 Å². The van der Waals surface area contributed by atoms with Crippen LogP contribution >= 0.6 is 0 Å². The van der Waals surface area contributed by atoms with Gasteiger partial charge in [-0.15, -0.1) is 0 Å². The first-order valence-corrected chi connectivity index (χ1v) is 8.53. The van der Waals surface area contributed by atoms with Crippen molar-refractivity contribution in [3.05, 3.63) is 30.3 Å². The zero-order valence-electron chi connectivity index (χ0n) is 14.1. The molecule has 0 aliphatic carbocycles. The van der Waals surface area contributed by atoms with Crippen LogP contribution < -0.4 is 10.2 Å². The van der Waals surface area contributed by atoms with Gasteiger partial charge in [0.2, 0.25) is 0 Å². The maximum absolute atomic E-state index is 12.6. The summed E-state index contributed by atoms with van der Waals surface area (Å²) in [5, 5.41) is 3.10. The van der Waals surface area contributed by atoms with Gasteiger partial charge in [-0.05, 0) is 18.6 Å². The lowest BCUT2D eigenvalue weighted by Gasteiger charge is -2.43. The lowest BCUT2D eigenvalue weighted by molar-refractivity contribution is -0.0979. The highest BCUT2D eigenvalue weighted by Crippen LogP contribution is 2.25. The van der Waals surface area contributed by atoms with Crippen molar-refractivity contribution < 1.29 is 9.53 Å². The average molecular weight is 317 g/mol. The molecule has 2 amide bonds. The Kier molecular flexibility index (Phi) is 4.76. The second-order valence-corrected chi connectivity index (χ2v) is 7.00. The number of amides is 2. The predicted molar refractivity (Wildman–Crippen MR) is 91.8 cm³/mol. The number of urea groups is 1. The van der Waals surface area contributed by atoms with E-state index in [1.807, 2.05) is 11.0 Å². The Bertz CT molecular complexity index is 530. The summed E-state index contributed by atoms with van der Waals surface area (Å²) in [6, 6.07) is 10.8. The van der Waals surface area contributed by atoms with Crippen LogP contribution in [0.3, 0.4) is 0 Å². The monoisotopic (exact) mass is 317 g/mol. The number of hydrogen-bond donors (Lipinski definition) is 1. The smallest absolute Gasteiger partial charge is 0.317 e. The Morgan fingerprint density at radius 3 is 2.65 bits per heavy atom. The van der Waals surface area contributed by atoms with E-state index in [1.165, 1.54) is 5.69 Å². The fourth-order valence-corrected chi connectivity index (χ4v) is 3.29. The first-order chi connectivity index (χ1) is 11.1. The third-order valence-corrected chi connectivity index (χ3v) is 4.90. The Morgan fingerprint density at radius 1 is 1.30 bits per heavy atom. The van der Waals surface area contributed by atoms with Crippen molar-refractivity contribution in [2.75, 3.05) is 44.3 Å². The summed E-state index contributed by atoms with van der Waals surface area (Å²) in [6.07, 6.45) is 0.969. The Hall–Kier alpha value is -1.75. The van der Waals surface area contributed by atoms with Crippen LogP contribution in [0.2, 0.25) is 0 Å². The third kappa shape index (κ3) is 3.61. The van der Waals surface area contributed by atoms with Gasteiger partial charge >= 0.3 is 6.03 Å². The fourth-order valence-electron chi connectivity index (χ4n) is 3.29. The molecule has 1 aromatic rings. The van der Waals surface area contributed by atoms with Gasteiger partial charge in [-0.3, -0.25) is 0 Å². The summed E-state index contributed by atoms with van der Waals surface area (Å²) in [6.45, 7) is 9.04. The highest BCUT2D eigenvalue weighted by molar-refractivity contribution is 5.75. The molecule has 126 valence electrons. The first-order valence-electron chi connectivity index (χ1n) is 8.53. The minimum atomic E-state index is 0.0673. The Balaban J connectivity index is 1.57. The third-order valence-electron chi connectivity index (χ3n) is 4.90. The molecule has 3 rings (SSSR count). The second kappa shape index (κ2) is 6.79. The number of benzene rings is 1. The number of para-hydroxylation sites is 1. The number of carbonyl (C=O) groups excluding carboxylic acids is 1. The van der Waals surface area contributed by atoms with Crippen LogP contribution in [0, 0.1) is 5.41 Å². The minimum absolute atomic E-state index is 0.0673. The Labute approximate surface area is 138 Å². The van der Waals surface area contributed by atoms with Crippen molar-refractivity contribution in [3.8, 4) is 0 Å². The summed E-state index contributed by atoms with van der Waals surface area (Å²) >= 11 is 0. The van der Waals surface area contributed by atoms with Crippen molar-refractivity contribution >= 4 is 11.7 Å². The number of anilines is 1. The zero-order chi connectivity index (χ0) is 16.3. The van der Waals surface area contributed by atoms with Gasteiger partial charge in [-0.25, -0.2) is 4.79 Å². The largest absolute Gasteiger partial charge is 0.380 e. The van der Waals surface area contributed by atoms with Crippen LogP contribution in [0.15, 0.2) is 30.3 Å². The molecular weight excluding hydrogens is 290 g/mol. The van der Waals surface area contributed by atoms with Gasteiger partial charge in [0.05, 0.1) is 19.3 Å². The predicted octanol–water partition coefficient (Wildman–Crippen LogP) is 2.33. The van der Waals surface area contributed by atoms with Gasteiger partial charge in [0.15, 0.2) is 0 Å².